The van der Waals surface area contributed by atoms with E-state index in [9.17, 15) is 9.59 Å². The Kier molecular flexibility index (Phi) is 5.06. The molecule has 1 atom stereocenters. The first-order valence-electron chi connectivity index (χ1n) is 8.97. The first kappa shape index (κ1) is 18.3. The minimum Gasteiger partial charge on any atom is -0.465 e. The highest BCUT2D eigenvalue weighted by atomic mass is 35.5. The Morgan fingerprint density at radius 2 is 2.22 bits per heavy atom. The van der Waals surface area contributed by atoms with Crippen LogP contribution in [0, 0.1) is 0 Å². The Bertz CT molecular complexity index is 885. The van der Waals surface area contributed by atoms with Crippen molar-refractivity contribution in [2.24, 2.45) is 0 Å². The standard InChI is InChI=1S/C19H20ClN3O3S/c1-26-18(25)16-17(20)21-19(27-16)23-11-12(13-5-2-3-6-14(13)23)8-10-22-9-4-7-15(22)24/h2-3,5-6,12H,4,7-11H2,1H3. The maximum absolute atomic E-state index is 11.9. The van der Waals surface area contributed by atoms with Crippen molar-refractivity contribution < 1.29 is 14.3 Å². The quantitative estimate of drug-likeness (QED) is 0.707. The molecule has 0 radical (unpaired) electrons. The minimum atomic E-state index is -0.472. The molecular formula is C19H20ClN3O3S. The van der Waals surface area contributed by atoms with Crippen LogP contribution in [0.25, 0.3) is 0 Å². The summed E-state index contributed by atoms with van der Waals surface area (Å²) < 4.78 is 4.78. The molecule has 4 rings (SSSR count). The van der Waals surface area contributed by atoms with Gasteiger partial charge in [-0.25, -0.2) is 9.78 Å². The Morgan fingerprint density at radius 1 is 1.41 bits per heavy atom. The summed E-state index contributed by atoms with van der Waals surface area (Å²) in [6.45, 7) is 2.39. The molecule has 27 heavy (non-hydrogen) atoms. The van der Waals surface area contributed by atoms with Crippen LogP contribution in [0.2, 0.25) is 5.15 Å². The number of aromatic nitrogens is 1. The molecule has 1 fully saturated rings. The summed E-state index contributed by atoms with van der Waals surface area (Å²) in [6.07, 6.45) is 2.53. The first-order chi connectivity index (χ1) is 13.1. The number of carbonyl (C=O) groups excluding carboxylic acids is 2. The zero-order chi connectivity index (χ0) is 19.0. The molecule has 6 nitrogen and oxygen atoms in total. The average molecular weight is 406 g/mol. The summed E-state index contributed by atoms with van der Waals surface area (Å²) in [5.74, 6) is 0.0896. The Morgan fingerprint density at radius 3 is 2.96 bits per heavy atom. The van der Waals surface area contributed by atoms with Gasteiger partial charge in [-0.1, -0.05) is 41.1 Å². The number of halogens is 1. The van der Waals surface area contributed by atoms with E-state index in [1.165, 1.54) is 24.0 Å². The maximum atomic E-state index is 11.9. The number of methoxy groups -OCH3 is 1. The van der Waals surface area contributed by atoms with E-state index >= 15 is 0 Å². The number of rotatable bonds is 5. The Labute approximate surface area is 166 Å². The summed E-state index contributed by atoms with van der Waals surface area (Å²) in [7, 11) is 1.33. The molecule has 1 amide bonds. The largest absolute Gasteiger partial charge is 0.465 e. The zero-order valence-electron chi connectivity index (χ0n) is 15.0. The van der Waals surface area contributed by atoms with E-state index in [1.807, 2.05) is 17.0 Å². The number of carbonyl (C=O) groups is 2. The van der Waals surface area contributed by atoms with Crippen molar-refractivity contribution in [1.82, 2.24) is 9.88 Å². The highest BCUT2D eigenvalue weighted by Crippen LogP contribution is 2.44. The van der Waals surface area contributed by atoms with Crippen LogP contribution in [-0.4, -0.2) is 48.5 Å². The highest BCUT2D eigenvalue weighted by molar-refractivity contribution is 7.18. The van der Waals surface area contributed by atoms with Crippen molar-refractivity contribution in [2.45, 2.75) is 25.2 Å². The van der Waals surface area contributed by atoms with Gasteiger partial charge in [-0.05, 0) is 24.5 Å². The van der Waals surface area contributed by atoms with Crippen LogP contribution in [0.3, 0.4) is 0 Å². The lowest BCUT2D eigenvalue weighted by atomic mass is 9.98. The lowest BCUT2D eigenvalue weighted by Crippen LogP contribution is -2.27. The second kappa shape index (κ2) is 7.48. The smallest absolute Gasteiger partial charge is 0.351 e. The molecule has 2 aliphatic heterocycles. The van der Waals surface area contributed by atoms with Gasteiger partial charge in [-0.2, -0.15) is 0 Å². The van der Waals surface area contributed by atoms with Crippen molar-refractivity contribution in [3.63, 3.8) is 0 Å². The summed E-state index contributed by atoms with van der Waals surface area (Å²) in [5.41, 5.74) is 2.33. The molecule has 2 aromatic rings. The summed E-state index contributed by atoms with van der Waals surface area (Å²) in [4.78, 5) is 32.5. The average Bonchev–Trinajstić information content (AvgIpc) is 3.36. The first-order valence-corrected chi connectivity index (χ1v) is 10.2. The Balaban J connectivity index is 1.56. The van der Waals surface area contributed by atoms with E-state index in [0.717, 1.165) is 38.2 Å². The number of ether oxygens (including phenoxy) is 1. The van der Waals surface area contributed by atoms with E-state index in [4.69, 9.17) is 16.3 Å². The van der Waals surface area contributed by atoms with Crippen LogP contribution in [0.4, 0.5) is 10.8 Å². The van der Waals surface area contributed by atoms with Gasteiger partial charge in [-0.15, -0.1) is 0 Å². The number of likely N-dealkylation sites (tertiary alicyclic amines) is 1. The molecule has 0 N–H and O–H groups in total. The third kappa shape index (κ3) is 3.41. The Hall–Kier alpha value is -2.12. The van der Waals surface area contributed by atoms with Crippen molar-refractivity contribution in [2.75, 3.05) is 31.6 Å². The third-order valence-corrected chi connectivity index (χ3v) is 6.61. The molecule has 3 heterocycles. The van der Waals surface area contributed by atoms with Crippen LogP contribution in [0.15, 0.2) is 24.3 Å². The fourth-order valence-electron chi connectivity index (χ4n) is 3.80. The van der Waals surface area contributed by atoms with Crippen molar-refractivity contribution in [3.8, 4) is 0 Å². The molecule has 1 saturated heterocycles. The molecule has 142 valence electrons. The van der Waals surface area contributed by atoms with Gasteiger partial charge in [0, 0.05) is 37.7 Å². The number of benzene rings is 1. The minimum absolute atomic E-state index is 0.172. The van der Waals surface area contributed by atoms with Gasteiger partial charge in [0.25, 0.3) is 0 Å². The number of para-hydroxylation sites is 1. The van der Waals surface area contributed by atoms with E-state index in [1.54, 1.807) is 0 Å². The van der Waals surface area contributed by atoms with Crippen molar-refractivity contribution in [3.05, 3.63) is 39.9 Å². The van der Waals surface area contributed by atoms with Crippen LogP contribution < -0.4 is 4.90 Å². The van der Waals surface area contributed by atoms with Crippen molar-refractivity contribution in [1.29, 1.82) is 0 Å². The fourth-order valence-corrected chi connectivity index (χ4v) is 5.02. The predicted molar refractivity (Wildman–Crippen MR) is 105 cm³/mol. The van der Waals surface area contributed by atoms with E-state index in [2.05, 4.69) is 22.0 Å². The van der Waals surface area contributed by atoms with E-state index in [0.29, 0.717) is 22.3 Å². The third-order valence-electron chi connectivity index (χ3n) is 5.17. The molecule has 1 unspecified atom stereocenters. The number of nitrogens with zero attached hydrogens (tertiary/aromatic N) is 3. The number of hydrogen-bond donors (Lipinski definition) is 0. The molecule has 1 aromatic heterocycles. The second-order valence-electron chi connectivity index (χ2n) is 6.75. The van der Waals surface area contributed by atoms with Gasteiger partial charge in [0.05, 0.1) is 7.11 Å². The highest BCUT2D eigenvalue weighted by Gasteiger charge is 2.33. The monoisotopic (exact) mass is 405 g/mol. The molecule has 0 bridgehead atoms. The molecule has 0 aliphatic carbocycles. The lowest BCUT2D eigenvalue weighted by Gasteiger charge is -2.19. The summed E-state index contributed by atoms with van der Waals surface area (Å²) in [5, 5.41) is 0.859. The van der Waals surface area contributed by atoms with Gasteiger partial charge < -0.3 is 14.5 Å². The van der Waals surface area contributed by atoms with Crippen LogP contribution in [-0.2, 0) is 9.53 Å². The van der Waals surface area contributed by atoms with E-state index < -0.39 is 5.97 Å². The van der Waals surface area contributed by atoms with Crippen LogP contribution >= 0.6 is 22.9 Å². The van der Waals surface area contributed by atoms with Crippen molar-refractivity contribution >= 4 is 45.6 Å². The number of amides is 1. The number of esters is 1. The second-order valence-corrected chi connectivity index (χ2v) is 8.08. The molecular weight excluding hydrogens is 386 g/mol. The molecule has 1 aromatic carbocycles. The van der Waals surface area contributed by atoms with Gasteiger partial charge >= 0.3 is 5.97 Å². The topological polar surface area (TPSA) is 62.7 Å². The summed E-state index contributed by atoms with van der Waals surface area (Å²) >= 11 is 7.39. The number of thiazole rings is 1. The maximum Gasteiger partial charge on any atom is 0.351 e. The van der Waals surface area contributed by atoms with Gasteiger partial charge in [0.15, 0.2) is 15.2 Å². The number of fused-ring (bicyclic) bond motifs is 1. The SMILES string of the molecule is COC(=O)c1sc(N2CC(CCN3CCCC3=O)c3ccccc32)nc1Cl. The van der Waals surface area contributed by atoms with Gasteiger partial charge in [0.1, 0.15) is 0 Å². The lowest BCUT2D eigenvalue weighted by molar-refractivity contribution is -0.127. The molecule has 2 aliphatic rings. The van der Waals surface area contributed by atoms with Crippen LogP contribution in [0.1, 0.15) is 40.4 Å². The van der Waals surface area contributed by atoms with Gasteiger partial charge in [0.2, 0.25) is 5.91 Å². The molecule has 8 heteroatoms. The van der Waals surface area contributed by atoms with Crippen LogP contribution in [0.5, 0.6) is 0 Å². The number of anilines is 2. The fraction of sp³-hybridized carbons (Fsp3) is 0.421. The van der Waals surface area contributed by atoms with E-state index in [-0.39, 0.29) is 11.1 Å². The zero-order valence-corrected chi connectivity index (χ0v) is 16.6. The predicted octanol–water partition coefficient (Wildman–Crippen LogP) is 3.83. The molecule has 0 spiro atoms. The van der Waals surface area contributed by atoms with Gasteiger partial charge in [-0.3, -0.25) is 4.79 Å². The number of hydrogen-bond acceptors (Lipinski definition) is 6. The molecule has 0 saturated carbocycles. The summed E-state index contributed by atoms with van der Waals surface area (Å²) in [6, 6.07) is 8.21. The normalized spacial score (nSPS) is 18.9.